The van der Waals surface area contributed by atoms with Crippen LogP contribution in [-0.2, 0) is 27.3 Å². The Morgan fingerprint density at radius 1 is 1.05 bits per heavy atom. The number of halogens is 3. The summed E-state index contributed by atoms with van der Waals surface area (Å²) in [4.78, 5) is 49.6. The number of nitrogens with one attached hydrogen (secondary N) is 2. The zero-order valence-corrected chi connectivity index (χ0v) is 22.5. The third-order valence-corrected chi connectivity index (χ3v) is 8.71. The molecule has 2 fully saturated rings. The Bertz CT molecular complexity index is 1640. The van der Waals surface area contributed by atoms with Crippen molar-refractivity contribution in [1.29, 1.82) is 0 Å². The number of nitrogens with zero attached hydrogens (tertiary/aromatic N) is 2. The second-order valence-electron chi connectivity index (χ2n) is 9.81. The van der Waals surface area contributed by atoms with Crippen molar-refractivity contribution in [3.05, 3.63) is 98.9 Å². The van der Waals surface area contributed by atoms with E-state index in [9.17, 15) is 19.5 Å². The van der Waals surface area contributed by atoms with Gasteiger partial charge in [0, 0.05) is 40.8 Å². The van der Waals surface area contributed by atoms with E-state index in [0.717, 1.165) is 15.8 Å². The van der Waals surface area contributed by atoms with E-state index in [1.54, 1.807) is 36.7 Å². The van der Waals surface area contributed by atoms with E-state index < -0.39 is 41.2 Å². The Morgan fingerprint density at radius 2 is 1.82 bits per heavy atom. The number of benzene rings is 2. The van der Waals surface area contributed by atoms with Crippen molar-refractivity contribution < 1.29 is 19.5 Å². The molecule has 2 aromatic carbocycles. The molecule has 0 bridgehead atoms. The molecule has 3 N–H and O–H groups in total. The van der Waals surface area contributed by atoms with Crippen molar-refractivity contribution in [2.45, 2.75) is 24.5 Å². The highest BCUT2D eigenvalue weighted by molar-refractivity contribution is 6.43. The number of likely N-dealkylation sites (tertiary alicyclic amines) is 1. The van der Waals surface area contributed by atoms with Crippen LogP contribution in [0.2, 0.25) is 15.1 Å². The van der Waals surface area contributed by atoms with Gasteiger partial charge >= 0.3 is 5.97 Å². The summed E-state index contributed by atoms with van der Waals surface area (Å²) in [7, 11) is 0. The van der Waals surface area contributed by atoms with E-state index in [2.05, 4.69) is 15.3 Å². The van der Waals surface area contributed by atoms with Crippen LogP contribution in [-0.4, -0.2) is 43.3 Å². The van der Waals surface area contributed by atoms with Crippen LogP contribution < -0.4 is 5.32 Å². The standard InChI is InChI=1S/C28H21Cl3N4O4/c29-15-9-18(23(31)19(30)10-15)24-21-22(26(37)35(25(21)36)13-16-5-3-4-8-32-16)28(34-24,27(38)39)11-14-12-33-20-7-2-1-6-17(14)20/h1-10,12,21-22,24,33-34H,11,13H2,(H,38,39). The maximum absolute atomic E-state index is 14.0. The molecule has 39 heavy (non-hydrogen) atoms. The molecule has 2 saturated heterocycles. The van der Waals surface area contributed by atoms with Gasteiger partial charge < -0.3 is 10.1 Å². The number of pyridine rings is 1. The van der Waals surface area contributed by atoms with Crippen LogP contribution >= 0.6 is 34.8 Å². The van der Waals surface area contributed by atoms with Crippen LogP contribution in [0.25, 0.3) is 10.9 Å². The van der Waals surface area contributed by atoms with Crippen molar-refractivity contribution >= 4 is 63.5 Å². The molecule has 8 nitrogen and oxygen atoms in total. The number of H-pyrrole nitrogens is 1. The van der Waals surface area contributed by atoms with Gasteiger partial charge in [0.05, 0.1) is 34.1 Å². The topological polar surface area (TPSA) is 115 Å². The number of rotatable bonds is 6. The largest absolute Gasteiger partial charge is 0.480 e. The number of hydrogen-bond acceptors (Lipinski definition) is 5. The first-order valence-corrected chi connectivity index (χ1v) is 13.3. The molecule has 2 aromatic heterocycles. The molecule has 198 valence electrons. The number of aromatic nitrogens is 2. The average molecular weight is 584 g/mol. The summed E-state index contributed by atoms with van der Waals surface area (Å²) >= 11 is 19.2. The number of carboxylic acid groups (broad SMARTS) is 1. The molecule has 4 heterocycles. The summed E-state index contributed by atoms with van der Waals surface area (Å²) in [5.41, 5.74) is 0.550. The third kappa shape index (κ3) is 4.10. The van der Waals surface area contributed by atoms with Gasteiger partial charge in [0.2, 0.25) is 11.8 Å². The first-order chi connectivity index (χ1) is 18.7. The van der Waals surface area contributed by atoms with Crippen LogP contribution in [0.4, 0.5) is 0 Å². The number of fused-ring (bicyclic) bond motifs is 2. The van der Waals surface area contributed by atoms with E-state index in [1.807, 2.05) is 24.3 Å². The fourth-order valence-corrected chi connectivity index (χ4v) is 6.69. The predicted molar refractivity (Wildman–Crippen MR) is 146 cm³/mol. The van der Waals surface area contributed by atoms with Crippen molar-refractivity contribution in [3.8, 4) is 0 Å². The Hall–Kier alpha value is -3.43. The number of amides is 2. The van der Waals surface area contributed by atoms with E-state index in [4.69, 9.17) is 34.8 Å². The van der Waals surface area contributed by atoms with Crippen molar-refractivity contribution in [1.82, 2.24) is 20.2 Å². The lowest BCUT2D eigenvalue weighted by Gasteiger charge is -2.31. The maximum Gasteiger partial charge on any atom is 0.325 e. The van der Waals surface area contributed by atoms with Gasteiger partial charge in [0.25, 0.3) is 0 Å². The molecule has 11 heteroatoms. The molecule has 0 spiro atoms. The molecule has 2 amide bonds. The highest BCUT2D eigenvalue weighted by atomic mass is 35.5. The predicted octanol–water partition coefficient (Wildman–Crippen LogP) is 5.03. The lowest BCUT2D eigenvalue weighted by molar-refractivity contribution is -0.151. The minimum absolute atomic E-state index is 0.0631. The van der Waals surface area contributed by atoms with Crippen molar-refractivity contribution in [2.75, 3.05) is 0 Å². The summed E-state index contributed by atoms with van der Waals surface area (Å²) < 4.78 is 0. The lowest BCUT2D eigenvalue weighted by atomic mass is 9.76. The van der Waals surface area contributed by atoms with Crippen LogP contribution in [0, 0.1) is 11.8 Å². The molecule has 2 aliphatic rings. The van der Waals surface area contributed by atoms with Gasteiger partial charge in [-0.25, -0.2) is 0 Å². The van der Waals surface area contributed by atoms with Gasteiger partial charge in [0.15, 0.2) is 0 Å². The van der Waals surface area contributed by atoms with Crippen molar-refractivity contribution in [3.63, 3.8) is 0 Å². The molecular weight excluding hydrogens is 563 g/mol. The van der Waals surface area contributed by atoms with E-state index in [-0.39, 0.29) is 28.0 Å². The van der Waals surface area contributed by atoms with Crippen LogP contribution in [0.15, 0.2) is 67.0 Å². The van der Waals surface area contributed by atoms with E-state index in [1.165, 1.54) is 6.07 Å². The van der Waals surface area contributed by atoms with Crippen LogP contribution in [0.5, 0.6) is 0 Å². The van der Waals surface area contributed by atoms with Gasteiger partial charge in [-0.05, 0) is 41.5 Å². The average Bonchev–Trinajstić information content (AvgIpc) is 3.56. The first kappa shape index (κ1) is 25.8. The normalized spacial score (nSPS) is 24.5. The number of para-hydroxylation sites is 1. The highest BCUT2D eigenvalue weighted by Crippen LogP contribution is 2.52. The third-order valence-electron chi connectivity index (χ3n) is 7.67. The minimum Gasteiger partial charge on any atom is -0.480 e. The number of hydrogen-bond donors (Lipinski definition) is 3. The Balaban J connectivity index is 1.51. The zero-order valence-electron chi connectivity index (χ0n) is 20.2. The number of carbonyl (C=O) groups excluding carboxylic acids is 2. The second kappa shape index (κ2) is 9.64. The van der Waals surface area contributed by atoms with E-state index in [0.29, 0.717) is 16.8 Å². The summed E-state index contributed by atoms with van der Waals surface area (Å²) in [5.74, 6) is -4.64. The lowest BCUT2D eigenvalue weighted by Crippen LogP contribution is -2.57. The molecule has 4 aromatic rings. The van der Waals surface area contributed by atoms with E-state index >= 15 is 0 Å². The Kier molecular flexibility index (Phi) is 6.38. The molecule has 6 rings (SSSR count). The SMILES string of the molecule is O=C1C2C(c3cc(Cl)cc(Cl)c3Cl)NC(Cc3c[nH]c4ccccc34)(C(=O)O)C2C(=O)N1Cc1ccccn1. The monoisotopic (exact) mass is 582 g/mol. The fourth-order valence-electron chi connectivity index (χ4n) is 5.95. The number of aromatic amines is 1. The van der Waals surface area contributed by atoms with Gasteiger partial charge in [-0.1, -0.05) is 59.1 Å². The zero-order chi connectivity index (χ0) is 27.5. The van der Waals surface area contributed by atoms with Gasteiger partial charge in [0.1, 0.15) is 5.54 Å². The summed E-state index contributed by atoms with van der Waals surface area (Å²) in [6.45, 7) is -0.0783. The molecule has 2 aliphatic heterocycles. The second-order valence-corrected chi connectivity index (χ2v) is 11.0. The van der Waals surface area contributed by atoms with Gasteiger partial charge in [-0.2, -0.15) is 0 Å². The van der Waals surface area contributed by atoms with Crippen LogP contribution in [0.3, 0.4) is 0 Å². The van der Waals surface area contributed by atoms with Crippen molar-refractivity contribution in [2.24, 2.45) is 11.8 Å². The molecule has 0 radical (unpaired) electrons. The summed E-state index contributed by atoms with van der Waals surface area (Å²) in [6, 6.07) is 14.7. The Labute approximate surface area is 237 Å². The highest BCUT2D eigenvalue weighted by Gasteiger charge is 2.68. The smallest absolute Gasteiger partial charge is 0.325 e. The maximum atomic E-state index is 14.0. The molecule has 4 unspecified atom stereocenters. The van der Waals surface area contributed by atoms with Crippen LogP contribution in [0.1, 0.15) is 22.9 Å². The number of carbonyl (C=O) groups is 3. The molecular formula is C28H21Cl3N4O4. The first-order valence-electron chi connectivity index (χ1n) is 12.2. The molecule has 0 aliphatic carbocycles. The summed E-state index contributed by atoms with van der Waals surface area (Å²) in [6.07, 6.45) is 3.24. The molecule has 0 saturated carbocycles. The minimum atomic E-state index is -1.83. The number of aliphatic carboxylic acids is 1. The van der Waals surface area contributed by atoms with Gasteiger partial charge in [-0.3, -0.25) is 29.6 Å². The fraction of sp³-hybridized carbons (Fsp3) is 0.214. The number of carboxylic acids is 1. The van der Waals surface area contributed by atoms with Gasteiger partial charge in [-0.15, -0.1) is 0 Å². The summed E-state index contributed by atoms with van der Waals surface area (Å²) in [5, 5.41) is 15.3. The molecule has 4 atom stereocenters. The quantitative estimate of drug-likeness (QED) is 0.217. The number of imide groups is 1. The Morgan fingerprint density at radius 3 is 2.56 bits per heavy atom.